The zero-order valence-electron chi connectivity index (χ0n) is 12.3. The van der Waals surface area contributed by atoms with Gasteiger partial charge in [-0.15, -0.1) is 0 Å². The van der Waals surface area contributed by atoms with Crippen molar-refractivity contribution in [3.8, 4) is 11.8 Å². The molecule has 0 aliphatic heterocycles. The highest BCUT2D eigenvalue weighted by Crippen LogP contribution is 2.17. The van der Waals surface area contributed by atoms with Crippen molar-refractivity contribution in [2.75, 3.05) is 12.0 Å². The molecule has 0 saturated heterocycles. The van der Waals surface area contributed by atoms with Gasteiger partial charge in [-0.1, -0.05) is 25.1 Å². The van der Waals surface area contributed by atoms with Gasteiger partial charge >= 0.3 is 6.03 Å². The standard InChI is InChI=1S/C17H17N3O2/c1-2-14-5-3-4-6-16(14)22-12-19-17(21)20-15-9-7-13(11-18)8-10-15/h3-10H,2,12H2,1H3,(H2,19,20,21). The molecule has 0 heterocycles. The van der Waals surface area contributed by atoms with E-state index in [0.717, 1.165) is 17.7 Å². The number of carbonyl (C=O) groups is 1. The number of hydrogen-bond donors (Lipinski definition) is 2. The smallest absolute Gasteiger partial charge is 0.321 e. The summed E-state index contributed by atoms with van der Waals surface area (Å²) in [5.74, 6) is 0.767. The second kappa shape index (κ2) is 7.70. The predicted molar refractivity (Wildman–Crippen MR) is 84.6 cm³/mol. The third kappa shape index (κ3) is 4.25. The summed E-state index contributed by atoms with van der Waals surface area (Å²) in [5.41, 5.74) is 2.26. The zero-order valence-corrected chi connectivity index (χ0v) is 12.3. The van der Waals surface area contributed by atoms with Crippen LogP contribution in [0.15, 0.2) is 48.5 Å². The highest BCUT2D eigenvalue weighted by Gasteiger charge is 2.03. The Balaban J connectivity index is 1.81. The van der Waals surface area contributed by atoms with Crippen LogP contribution in [0, 0.1) is 11.3 Å². The molecule has 0 aliphatic rings. The van der Waals surface area contributed by atoms with Gasteiger partial charge < -0.3 is 15.4 Å². The van der Waals surface area contributed by atoms with E-state index >= 15 is 0 Å². The molecule has 112 valence electrons. The van der Waals surface area contributed by atoms with Crippen molar-refractivity contribution < 1.29 is 9.53 Å². The van der Waals surface area contributed by atoms with Crippen LogP contribution in [0.25, 0.3) is 0 Å². The third-order valence-corrected chi connectivity index (χ3v) is 3.09. The van der Waals surface area contributed by atoms with E-state index < -0.39 is 0 Å². The molecular formula is C17H17N3O2. The van der Waals surface area contributed by atoms with E-state index in [1.165, 1.54) is 0 Å². The van der Waals surface area contributed by atoms with Gasteiger partial charge in [0.2, 0.25) is 0 Å². The Morgan fingerprint density at radius 3 is 2.59 bits per heavy atom. The minimum absolute atomic E-state index is 0.0825. The first-order valence-electron chi connectivity index (χ1n) is 6.98. The number of ether oxygens (including phenoxy) is 1. The Kier molecular flexibility index (Phi) is 5.38. The number of nitriles is 1. The van der Waals surface area contributed by atoms with Gasteiger partial charge in [0.25, 0.3) is 0 Å². The number of carbonyl (C=O) groups excluding carboxylic acids is 1. The molecule has 0 atom stereocenters. The van der Waals surface area contributed by atoms with Crippen LogP contribution in [0.2, 0.25) is 0 Å². The van der Waals surface area contributed by atoms with Crippen molar-refractivity contribution in [1.82, 2.24) is 5.32 Å². The highest BCUT2D eigenvalue weighted by atomic mass is 16.5. The molecule has 2 rings (SSSR count). The molecule has 0 spiro atoms. The van der Waals surface area contributed by atoms with Crippen LogP contribution in [-0.4, -0.2) is 12.8 Å². The predicted octanol–water partition coefficient (Wildman–Crippen LogP) is 3.28. The fraction of sp³-hybridized carbons (Fsp3) is 0.176. The molecule has 0 bridgehead atoms. The van der Waals surface area contributed by atoms with E-state index in [1.807, 2.05) is 37.3 Å². The van der Waals surface area contributed by atoms with E-state index in [2.05, 4.69) is 10.6 Å². The van der Waals surface area contributed by atoms with Gasteiger partial charge in [-0.3, -0.25) is 0 Å². The van der Waals surface area contributed by atoms with Gasteiger partial charge in [0.1, 0.15) is 5.75 Å². The lowest BCUT2D eigenvalue weighted by Gasteiger charge is -2.11. The summed E-state index contributed by atoms with van der Waals surface area (Å²) >= 11 is 0. The first kappa shape index (κ1) is 15.4. The Morgan fingerprint density at radius 2 is 1.91 bits per heavy atom. The van der Waals surface area contributed by atoms with Gasteiger partial charge in [-0.05, 0) is 42.3 Å². The van der Waals surface area contributed by atoms with Crippen LogP contribution in [-0.2, 0) is 6.42 Å². The minimum Gasteiger partial charge on any atom is -0.473 e. The highest BCUT2D eigenvalue weighted by molar-refractivity contribution is 5.89. The molecule has 5 heteroatoms. The van der Waals surface area contributed by atoms with E-state index in [4.69, 9.17) is 10.00 Å². The Bertz CT molecular complexity index is 675. The maximum absolute atomic E-state index is 11.7. The number of benzene rings is 2. The van der Waals surface area contributed by atoms with Gasteiger partial charge in [0.15, 0.2) is 6.73 Å². The van der Waals surface area contributed by atoms with Crippen LogP contribution in [0.3, 0.4) is 0 Å². The number of rotatable bonds is 5. The largest absolute Gasteiger partial charge is 0.473 e. The quantitative estimate of drug-likeness (QED) is 0.831. The molecule has 0 radical (unpaired) electrons. The van der Waals surface area contributed by atoms with Crippen molar-refractivity contribution in [1.29, 1.82) is 5.26 Å². The lowest BCUT2D eigenvalue weighted by atomic mass is 10.1. The second-order valence-electron chi connectivity index (χ2n) is 4.57. The van der Waals surface area contributed by atoms with Crippen LogP contribution < -0.4 is 15.4 Å². The maximum Gasteiger partial charge on any atom is 0.321 e. The van der Waals surface area contributed by atoms with Crippen LogP contribution in [0.1, 0.15) is 18.1 Å². The zero-order chi connectivity index (χ0) is 15.8. The average molecular weight is 295 g/mol. The van der Waals surface area contributed by atoms with E-state index in [9.17, 15) is 4.79 Å². The number of nitrogens with one attached hydrogen (secondary N) is 2. The van der Waals surface area contributed by atoms with Crippen LogP contribution >= 0.6 is 0 Å². The van der Waals surface area contributed by atoms with Gasteiger partial charge in [0, 0.05) is 5.69 Å². The summed E-state index contributed by atoms with van der Waals surface area (Å²) in [5, 5.41) is 14.0. The van der Waals surface area contributed by atoms with Crippen molar-refractivity contribution in [3.63, 3.8) is 0 Å². The molecule has 2 N–H and O–H groups in total. The Hall–Kier alpha value is -3.00. The monoisotopic (exact) mass is 295 g/mol. The summed E-state index contributed by atoms with van der Waals surface area (Å²) in [6.07, 6.45) is 0.869. The van der Waals surface area contributed by atoms with Gasteiger partial charge in [-0.2, -0.15) is 5.26 Å². The minimum atomic E-state index is -0.362. The normalized spacial score (nSPS) is 9.64. The number of para-hydroxylation sites is 1. The average Bonchev–Trinajstić information content (AvgIpc) is 2.56. The summed E-state index contributed by atoms with van der Waals surface area (Å²) in [4.78, 5) is 11.7. The topological polar surface area (TPSA) is 74.2 Å². The van der Waals surface area contributed by atoms with Crippen molar-refractivity contribution in [3.05, 3.63) is 59.7 Å². The summed E-state index contributed by atoms with van der Waals surface area (Å²) in [6, 6.07) is 16.0. The van der Waals surface area contributed by atoms with E-state index in [-0.39, 0.29) is 12.8 Å². The van der Waals surface area contributed by atoms with Crippen molar-refractivity contribution in [2.24, 2.45) is 0 Å². The fourth-order valence-corrected chi connectivity index (χ4v) is 1.92. The molecule has 5 nitrogen and oxygen atoms in total. The summed E-state index contributed by atoms with van der Waals surface area (Å²) in [6.45, 7) is 2.13. The first-order valence-corrected chi connectivity index (χ1v) is 6.98. The molecule has 2 aromatic carbocycles. The third-order valence-electron chi connectivity index (χ3n) is 3.09. The SMILES string of the molecule is CCc1ccccc1OCNC(=O)Nc1ccc(C#N)cc1. The lowest BCUT2D eigenvalue weighted by Crippen LogP contribution is -2.32. The molecule has 0 fully saturated rings. The van der Waals surface area contributed by atoms with E-state index in [1.54, 1.807) is 24.3 Å². The van der Waals surface area contributed by atoms with Crippen LogP contribution in [0.4, 0.5) is 10.5 Å². The van der Waals surface area contributed by atoms with Gasteiger partial charge in [0.05, 0.1) is 11.6 Å². The molecule has 2 amide bonds. The maximum atomic E-state index is 11.7. The number of nitrogens with zero attached hydrogens (tertiary/aromatic N) is 1. The fourth-order valence-electron chi connectivity index (χ4n) is 1.92. The molecule has 0 aliphatic carbocycles. The lowest BCUT2D eigenvalue weighted by molar-refractivity contribution is 0.234. The Morgan fingerprint density at radius 1 is 1.18 bits per heavy atom. The Labute approximate surface area is 129 Å². The number of anilines is 1. The molecule has 0 saturated carbocycles. The molecule has 22 heavy (non-hydrogen) atoms. The molecule has 2 aromatic rings. The van der Waals surface area contributed by atoms with Crippen molar-refractivity contribution in [2.45, 2.75) is 13.3 Å². The number of aryl methyl sites for hydroxylation is 1. The molecular weight excluding hydrogens is 278 g/mol. The number of amides is 2. The van der Waals surface area contributed by atoms with E-state index in [0.29, 0.717) is 11.3 Å². The van der Waals surface area contributed by atoms with Crippen molar-refractivity contribution >= 4 is 11.7 Å². The van der Waals surface area contributed by atoms with Crippen LogP contribution in [0.5, 0.6) is 5.75 Å². The summed E-state index contributed by atoms with van der Waals surface area (Å²) in [7, 11) is 0. The first-order chi connectivity index (χ1) is 10.7. The number of urea groups is 1. The summed E-state index contributed by atoms with van der Waals surface area (Å²) < 4.78 is 5.56. The molecule has 0 aromatic heterocycles. The molecule has 0 unspecified atom stereocenters. The number of hydrogen-bond acceptors (Lipinski definition) is 3. The van der Waals surface area contributed by atoms with Gasteiger partial charge in [-0.25, -0.2) is 4.79 Å². The second-order valence-corrected chi connectivity index (χ2v) is 4.57.